The Labute approximate surface area is 56.3 Å². The summed E-state index contributed by atoms with van der Waals surface area (Å²) in [4.78, 5) is 0. The lowest BCUT2D eigenvalue weighted by Crippen LogP contribution is -2.30. The number of rotatable bonds is 1. The van der Waals surface area contributed by atoms with Crippen LogP contribution in [0.25, 0.3) is 0 Å². The number of amidine groups is 1. The first-order valence-corrected chi connectivity index (χ1v) is 2.99. The van der Waals surface area contributed by atoms with Crippen molar-refractivity contribution in [3.05, 3.63) is 0 Å². The van der Waals surface area contributed by atoms with E-state index in [4.69, 9.17) is 5.73 Å². The third-order valence-corrected chi connectivity index (χ3v) is 1.00. The molecule has 0 unspecified atom stereocenters. The molecule has 0 bridgehead atoms. The quantitative estimate of drug-likeness (QED) is 0.308. The molecule has 0 saturated heterocycles. The Hall–Kier alpha value is -0.730. The average Bonchev–Trinajstić information content (AvgIpc) is 1.64. The Morgan fingerprint density at radius 2 is 1.89 bits per heavy atom. The Bertz CT molecular complexity index is 110. The summed E-state index contributed by atoms with van der Waals surface area (Å²) in [7, 11) is 1.73. The van der Waals surface area contributed by atoms with Crippen molar-refractivity contribution in [2.45, 2.75) is 20.8 Å². The summed E-state index contributed by atoms with van der Waals surface area (Å²) in [6.45, 7) is 6.05. The van der Waals surface area contributed by atoms with Gasteiger partial charge in [0.15, 0.2) is 0 Å². The normalized spacial score (nSPS) is 13.6. The predicted octanol–water partition coefficient (Wildman–Crippen LogP) is 0.524. The molecule has 3 nitrogen and oxygen atoms in total. The van der Waals surface area contributed by atoms with Gasteiger partial charge >= 0.3 is 0 Å². The zero-order chi connectivity index (χ0) is 7.49. The molecule has 0 rings (SSSR count). The molecule has 9 heavy (non-hydrogen) atoms. The first-order chi connectivity index (χ1) is 3.98. The van der Waals surface area contributed by atoms with E-state index in [1.54, 1.807) is 7.05 Å². The Morgan fingerprint density at radius 1 is 1.44 bits per heavy atom. The molecule has 0 atom stereocenters. The predicted molar refractivity (Wildman–Crippen MR) is 40.1 cm³/mol. The maximum atomic E-state index is 5.55. The SMILES string of the molecule is CN/N=C(\N)C(C)(C)C. The largest absolute Gasteiger partial charge is 0.385 e. The van der Waals surface area contributed by atoms with Gasteiger partial charge in [-0.2, -0.15) is 5.10 Å². The van der Waals surface area contributed by atoms with Crippen LogP contribution in [0.15, 0.2) is 5.10 Å². The number of nitrogens with zero attached hydrogens (tertiary/aromatic N) is 1. The highest BCUT2D eigenvalue weighted by Gasteiger charge is 2.14. The van der Waals surface area contributed by atoms with Gasteiger partial charge in [0.05, 0.1) is 0 Å². The van der Waals surface area contributed by atoms with Crippen molar-refractivity contribution in [3.8, 4) is 0 Å². The van der Waals surface area contributed by atoms with E-state index in [9.17, 15) is 0 Å². The minimum absolute atomic E-state index is 0.0248. The van der Waals surface area contributed by atoms with Gasteiger partial charge in [0.2, 0.25) is 0 Å². The zero-order valence-corrected chi connectivity index (χ0v) is 6.52. The molecule has 0 aliphatic carbocycles. The molecule has 0 aliphatic heterocycles. The summed E-state index contributed by atoms with van der Waals surface area (Å²) >= 11 is 0. The molecule has 54 valence electrons. The molecule has 0 fully saturated rings. The van der Waals surface area contributed by atoms with E-state index in [1.807, 2.05) is 20.8 Å². The monoisotopic (exact) mass is 129 g/mol. The fourth-order valence-electron chi connectivity index (χ4n) is 0.288. The van der Waals surface area contributed by atoms with Gasteiger partial charge in [0.1, 0.15) is 5.84 Å². The van der Waals surface area contributed by atoms with E-state index in [1.165, 1.54) is 0 Å². The molecule has 0 spiro atoms. The van der Waals surface area contributed by atoms with Crippen molar-refractivity contribution in [2.75, 3.05) is 7.05 Å². The summed E-state index contributed by atoms with van der Waals surface area (Å²) in [5, 5.41) is 3.84. The first kappa shape index (κ1) is 8.27. The lowest BCUT2D eigenvalue weighted by atomic mass is 9.96. The van der Waals surface area contributed by atoms with Crippen molar-refractivity contribution < 1.29 is 0 Å². The van der Waals surface area contributed by atoms with Gasteiger partial charge in [0, 0.05) is 12.5 Å². The molecule has 0 radical (unpaired) electrons. The number of hydrogen-bond donors (Lipinski definition) is 2. The van der Waals surface area contributed by atoms with Crippen LogP contribution in [0.1, 0.15) is 20.8 Å². The number of hydrogen-bond acceptors (Lipinski definition) is 2. The van der Waals surface area contributed by atoms with Crippen LogP contribution in [0.2, 0.25) is 0 Å². The van der Waals surface area contributed by atoms with Crippen LogP contribution in [0.3, 0.4) is 0 Å². The van der Waals surface area contributed by atoms with E-state index in [0.29, 0.717) is 5.84 Å². The third kappa shape index (κ3) is 2.95. The highest BCUT2D eigenvalue weighted by Crippen LogP contribution is 2.11. The van der Waals surface area contributed by atoms with Crippen molar-refractivity contribution in [3.63, 3.8) is 0 Å². The number of hydrazone groups is 1. The average molecular weight is 129 g/mol. The molecular weight excluding hydrogens is 114 g/mol. The molecule has 0 heterocycles. The highest BCUT2D eigenvalue weighted by molar-refractivity contribution is 5.85. The highest BCUT2D eigenvalue weighted by atomic mass is 15.3. The Kier molecular flexibility index (Phi) is 2.49. The van der Waals surface area contributed by atoms with Crippen LogP contribution < -0.4 is 11.2 Å². The summed E-state index contributed by atoms with van der Waals surface area (Å²) in [5.74, 6) is 0.630. The third-order valence-electron chi connectivity index (χ3n) is 1.00. The molecule has 0 aromatic rings. The van der Waals surface area contributed by atoms with Crippen LogP contribution in [0.5, 0.6) is 0 Å². The van der Waals surface area contributed by atoms with Gasteiger partial charge in [-0.3, -0.25) is 0 Å². The second-order valence-corrected chi connectivity index (χ2v) is 2.97. The Balaban J connectivity index is 4.03. The van der Waals surface area contributed by atoms with Crippen LogP contribution >= 0.6 is 0 Å². The van der Waals surface area contributed by atoms with Gasteiger partial charge in [-0.25, -0.2) is 0 Å². The minimum Gasteiger partial charge on any atom is -0.385 e. The summed E-state index contributed by atoms with van der Waals surface area (Å²) in [5.41, 5.74) is 8.16. The molecule has 0 aliphatic rings. The van der Waals surface area contributed by atoms with Crippen molar-refractivity contribution >= 4 is 5.84 Å². The smallest absolute Gasteiger partial charge is 0.124 e. The number of nitrogens with two attached hydrogens (primary N) is 1. The second-order valence-electron chi connectivity index (χ2n) is 2.97. The topological polar surface area (TPSA) is 50.4 Å². The van der Waals surface area contributed by atoms with Gasteiger partial charge in [-0.1, -0.05) is 20.8 Å². The van der Waals surface area contributed by atoms with Crippen LogP contribution in [-0.4, -0.2) is 12.9 Å². The molecule has 0 amide bonds. The molecule has 3 N–H and O–H groups in total. The number of nitrogens with one attached hydrogen (secondary N) is 1. The molecule has 0 aromatic carbocycles. The minimum atomic E-state index is -0.0248. The fraction of sp³-hybridized carbons (Fsp3) is 0.833. The lowest BCUT2D eigenvalue weighted by molar-refractivity contribution is 0.577. The molecule has 3 heteroatoms. The van der Waals surface area contributed by atoms with Crippen molar-refractivity contribution in [1.82, 2.24) is 5.43 Å². The van der Waals surface area contributed by atoms with E-state index in [0.717, 1.165) is 0 Å². The standard InChI is InChI=1S/C6H15N3/c1-6(2,3)5(7)9-8-4/h8H,1-4H3,(H2,7,9). The van der Waals surface area contributed by atoms with Crippen LogP contribution in [0.4, 0.5) is 0 Å². The second kappa shape index (κ2) is 2.71. The Morgan fingerprint density at radius 3 is 2.00 bits per heavy atom. The fourth-order valence-corrected chi connectivity index (χ4v) is 0.288. The van der Waals surface area contributed by atoms with Crippen molar-refractivity contribution in [2.24, 2.45) is 16.3 Å². The van der Waals surface area contributed by atoms with Crippen LogP contribution in [-0.2, 0) is 0 Å². The van der Waals surface area contributed by atoms with Crippen LogP contribution in [0, 0.1) is 5.41 Å². The first-order valence-electron chi connectivity index (χ1n) is 2.99. The lowest BCUT2D eigenvalue weighted by Gasteiger charge is -2.16. The summed E-state index contributed by atoms with van der Waals surface area (Å²) in [6, 6.07) is 0. The van der Waals surface area contributed by atoms with E-state index < -0.39 is 0 Å². The van der Waals surface area contributed by atoms with Gasteiger partial charge in [-0.05, 0) is 0 Å². The molecule has 0 aromatic heterocycles. The van der Waals surface area contributed by atoms with Gasteiger partial charge in [-0.15, -0.1) is 0 Å². The maximum Gasteiger partial charge on any atom is 0.124 e. The zero-order valence-electron chi connectivity index (χ0n) is 6.52. The van der Waals surface area contributed by atoms with Gasteiger partial charge in [0.25, 0.3) is 0 Å². The maximum absolute atomic E-state index is 5.55. The van der Waals surface area contributed by atoms with Gasteiger partial charge < -0.3 is 11.2 Å². The van der Waals surface area contributed by atoms with Crippen molar-refractivity contribution in [1.29, 1.82) is 0 Å². The molecule has 0 saturated carbocycles. The summed E-state index contributed by atoms with van der Waals surface area (Å²) < 4.78 is 0. The molecular formula is C6H15N3. The van der Waals surface area contributed by atoms with E-state index >= 15 is 0 Å². The van der Waals surface area contributed by atoms with E-state index in [2.05, 4.69) is 10.5 Å². The van der Waals surface area contributed by atoms with E-state index in [-0.39, 0.29) is 5.41 Å². The summed E-state index contributed by atoms with van der Waals surface area (Å²) in [6.07, 6.45) is 0.